The van der Waals surface area contributed by atoms with Gasteiger partial charge in [-0.05, 0) is 47.5 Å². The molecule has 0 saturated heterocycles. The zero-order chi connectivity index (χ0) is 20.6. The first-order chi connectivity index (χ1) is 12.5. The molecule has 0 spiro atoms. The average molecular weight is 509 g/mol. The van der Waals surface area contributed by atoms with Gasteiger partial charge in [0.1, 0.15) is 17.9 Å². The van der Waals surface area contributed by atoms with Gasteiger partial charge >= 0.3 is 6.09 Å². The smallest absolute Gasteiger partial charge is 0.410 e. The Morgan fingerprint density at radius 2 is 1.96 bits per heavy atom. The van der Waals surface area contributed by atoms with Crippen LogP contribution in [0.25, 0.3) is 0 Å². The lowest BCUT2D eigenvalue weighted by atomic mass is 10.1. The van der Waals surface area contributed by atoms with Gasteiger partial charge in [0.15, 0.2) is 5.96 Å². The van der Waals surface area contributed by atoms with Crippen LogP contribution in [-0.4, -0.2) is 54.2 Å². The molecule has 1 unspecified atom stereocenters. The van der Waals surface area contributed by atoms with Gasteiger partial charge in [0, 0.05) is 26.7 Å². The van der Waals surface area contributed by atoms with Gasteiger partial charge < -0.3 is 24.7 Å². The van der Waals surface area contributed by atoms with E-state index in [1.807, 2.05) is 41.5 Å². The van der Waals surface area contributed by atoms with Crippen molar-refractivity contribution in [2.75, 3.05) is 26.7 Å². The van der Waals surface area contributed by atoms with Crippen molar-refractivity contribution in [1.82, 2.24) is 20.5 Å². The van der Waals surface area contributed by atoms with Crippen LogP contribution in [0.2, 0.25) is 0 Å². The Balaban J connectivity index is 0.00000729. The van der Waals surface area contributed by atoms with E-state index in [4.69, 9.17) is 9.15 Å². The standard InChI is InChI=1S/C19H35N5O3.HI/c1-9-20-17(22-11-16-23-14(3)15(4)26-16)21-10-13(2)12-24(8)18(25)27-19(5,6)7;/h13H,9-12H2,1-8H3,(H2,20,21,22);1H. The predicted molar refractivity (Wildman–Crippen MR) is 122 cm³/mol. The fourth-order valence-corrected chi connectivity index (χ4v) is 2.31. The summed E-state index contributed by atoms with van der Waals surface area (Å²) in [5, 5.41) is 6.50. The number of oxazole rings is 1. The van der Waals surface area contributed by atoms with Crippen molar-refractivity contribution in [2.24, 2.45) is 10.9 Å². The van der Waals surface area contributed by atoms with Crippen molar-refractivity contribution >= 4 is 36.0 Å². The van der Waals surface area contributed by atoms with Crippen LogP contribution in [0, 0.1) is 19.8 Å². The third-order valence-corrected chi connectivity index (χ3v) is 3.70. The van der Waals surface area contributed by atoms with E-state index in [1.54, 1.807) is 11.9 Å². The number of hydrogen-bond donors (Lipinski definition) is 2. The Kier molecular flexibility index (Phi) is 11.5. The third kappa shape index (κ3) is 10.1. The molecule has 0 aliphatic heterocycles. The average Bonchev–Trinajstić information content (AvgIpc) is 2.86. The second-order valence-corrected chi connectivity index (χ2v) is 7.79. The van der Waals surface area contributed by atoms with Gasteiger partial charge in [0.2, 0.25) is 5.89 Å². The van der Waals surface area contributed by atoms with Gasteiger partial charge in [-0.15, -0.1) is 24.0 Å². The zero-order valence-corrected chi connectivity index (χ0v) is 20.7. The number of rotatable bonds is 7. The van der Waals surface area contributed by atoms with Crippen molar-refractivity contribution in [2.45, 2.75) is 60.6 Å². The number of carbonyl (C=O) groups is 1. The molecule has 0 fully saturated rings. The van der Waals surface area contributed by atoms with Crippen molar-refractivity contribution < 1.29 is 13.9 Å². The molecule has 28 heavy (non-hydrogen) atoms. The molecule has 1 amide bonds. The SMILES string of the molecule is CCNC(=NCc1nc(C)c(C)o1)NCC(C)CN(C)C(=O)OC(C)(C)C.I. The van der Waals surface area contributed by atoms with Crippen molar-refractivity contribution in [3.8, 4) is 0 Å². The summed E-state index contributed by atoms with van der Waals surface area (Å²) < 4.78 is 10.9. The summed E-state index contributed by atoms with van der Waals surface area (Å²) in [6, 6.07) is 0. The molecule has 0 radical (unpaired) electrons. The Labute approximate surface area is 185 Å². The molecule has 1 aromatic rings. The Bertz CT molecular complexity index is 621. The molecule has 1 atom stereocenters. The number of hydrogen-bond acceptors (Lipinski definition) is 5. The van der Waals surface area contributed by atoms with Gasteiger partial charge in [-0.1, -0.05) is 6.92 Å². The minimum atomic E-state index is -0.492. The van der Waals surface area contributed by atoms with E-state index < -0.39 is 5.60 Å². The molecular weight excluding hydrogens is 473 g/mol. The number of guanidine groups is 1. The van der Waals surface area contributed by atoms with E-state index in [9.17, 15) is 4.79 Å². The van der Waals surface area contributed by atoms with E-state index in [0.717, 1.165) is 18.0 Å². The van der Waals surface area contributed by atoms with E-state index in [2.05, 4.69) is 27.5 Å². The summed E-state index contributed by atoms with van der Waals surface area (Å²) in [4.78, 5) is 22.5. The van der Waals surface area contributed by atoms with Gasteiger partial charge in [-0.2, -0.15) is 0 Å². The number of ether oxygens (including phenoxy) is 1. The van der Waals surface area contributed by atoms with Crippen LogP contribution in [-0.2, 0) is 11.3 Å². The number of amides is 1. The molecule has 1 aromatic heterocycles. The molecule has 0 bridgehead atoms. The predicted octanol–water partition coefficient (Wildman–Crippen LogP) is 3.47. The van der Waals surface area contributed by atoms with Gasteiger partial charge in [-0.3, -0.25) is 0 Å². The highest BCUT2D eigenvalue weighted by atomic mass is 127. The maximum absolute atomic E-state index is 12.1. The molecule has 0 aliphatic carbocycles. The van der Waals surface area contributed by atoms with Crippen molar-refractivity contribution in [1.29, 1.82) is 0 Å². The number of nitrogens with one attached hydrogen (secondary N) is 2. The lowest BCUT2D eigenvalue weighted by Crippen LogP contribution is -2.42. The first-order valence-electron chi connectivity index (χ1n) is 9.41. The lowest BCUT2D eigenvalue weighted by Gasteiger charge is -2.26. The second-order valence-electron chi connectivity index (χ2n) is 7.79. The molecule has 2 N–H and O–H groups in total. The fourth-order valence-electron chi connectivity index (χ4n) is 2.31. The highest BCUT2D eigenvalue weighted by Gasteiger charge is 2.20. The molecule has 1 rings (SSSR count). The van der Waals surface area contributed by atoms with E-state index >= 15 is 0 Å². The van der Waals surface area contributed by atoms with Crippen molar-refractivity contribution in [3.63, 3.8) is 0 Å². The largest absolute Gasteiger partial charge is 0.444 e. The number of halogens is 1. The van der Waals surface area contributed by atoms with E-state index in [-0.39, 0.29) is 36.0 Å². The Morgan fingerprint density at radius 3 is 2.46 bits per heavy atom. The van der Waals surface area contributed by atoms with Crippen molar-refractivity contribution in [3.05, 3.63) is 17.3 Å². The number of aromatic nitrogens is 1. The highest BCUT2D eigenvalue weighted by Crippen LogP contribution is 2.10. The van der Waals surface area contributed by atoms with Crippen LogP contribution < -0.4 is 10.6 Å². The lowest BCUT2D eigenvalue weighted by molar-refractivity contribution is 0.0278. The number of nitrogens with zero attached hydrogens (tertiary/aromatic N) is 3. The molecule has 0 saturated carbocycles. The van der Waals surface area contributed by atoms with Crippen LogP contribution in [0.15, 0.2) is 9.41 Å². The monoisotopic (exact) mass is 509 g/mol. The summed E-state index contributed by atoms with van der Waals surface area (Å²) in [5.74, 6) is 2.33. The molecule has 9 heteroatoms. The topological polar surface area (TPSA) is 92.0 Å². The summed E-state index contributed by atoms with van der Waals surface area (Å²) in [5.41, 5.74) is 0.394. The number of aliphatic imine (C=N–C) groups is 1. The summed E-state index contributed by atoms with van der Waals surface area (Å²) >= 11 is 0. The highest BCUT2D eigenvalue weighted by molar-refractivity contribution is 14.0. The zero-order valence-electron chi connectivity index (χ0n) is 18.4. The van der Waals surface area contributed by atoms with E-state index in [1.165, 1.54) is 0 Å². The maximum Gasteiger partial charge on any atom is 0.410 e. The molecule has 0 aliphatic rings. The number of carbonyl (C=O) groups excluding carboxylic acids is 1. The quantitative estimate of drug-likeness (QED) is 0.332. The van der Waals surface area contributed by atoms with Crippen LogP contribution in [0.3, 0.4) is 0 Å². The Hall–Kier alpha value is -1.52. The third-order valence-electron chi connectivity index (χ3n) is 3.70. The minimum absolute atomic E-state index is 0. The summed E-state index contributed by atoms with van der Waals surface area (Å²) in [6.07, 6.45) is -0.315. The normalized spacial score (nSPS) is 12.8. The molecule has 162 valence electrons. The van der Waals surface area contributed by atoms with Crippen LogP contribution in [0.1, 0.15) is 52.0 Å². The molecule has 8 nitrogen and oxygen atoms in total. The van der Waals surface area contributed by atoms with Gasteiger partial charge in [0.25, 0.3) is 0 Å². The van der Waals surface area contributed by atoms with Crippen LogP contribution >= 0.6 is 24.0 Å². The van der Waals surface area contributed by atoms with Crippen LogP contribution in [0.5, 0.6) is 0 Å². The molecular formula is C19H36IN5O3. The fraction of sp³-hybridized carbons (Fsp3) is 0.737. The van der Waals surface area contributed by atoms with Crippen LogP contribution in [0.4, 0.5) is 4.79 Å². The molecule has 0 aromatic carbocycles. The summed E-state index contributed by atoms with van der Waals surface area (Å²) in [7, 11) is 1.75. The summed E-state index contributed by atoms with van der Waals surface area (Å²) in [6.45, 7) is 15.8. The Morgan fingerprint density at radius 1 is 1.32 bits per heavy atom. The number of aryl methyl sites for hydroxylation is 2. The molecule has 1 heterocycles. The first kappa shape index (κ1) is 26.5. The first-order valence-corrected chi connectivity index (χ1v) is 9.41. The minimum Gasteiger partial charge on any atom is -0.444 e. The maximum atomic E-state index is 12.1. The van der Waals surface area contributed by atoms with E-state index in [0.29, 0.717) is 31.5 Å². The van der Waals surface area contributed by atoms with Gasteiger partial charge in [0.05, 0.1) is 5.69 Å². The second kappa shape index (κ2) is 12.1. The van der Waals surface area contributed by atoms with Gasteiger partial charge in [-0.25, -0.2) is 14.8 Å².